The summed E-state index contributed by atoms with van der Waals surface area (Å²) in [5.74, 6) is -1.05. The SMILES string of the molecule is COc1cc(F)c(F)cc1-c1ccc(OCc2cccc3c(=O)n(C)[nH]c23)cc1. The number of fused-ring (bicyclic) bond motifs is 1. The third kappa shape index (κ3) is 3.47. The van der Waals surface area contributed by atoms with Gasteiger partial charge in [0.1, 0.15) is 18.1 Å². The van der Waals surface area contributed by atoms with Crippen LogP contribution >= 0.6 is 0 Å². The van der Waals surface area contributed by atoms with Crippen LogP contribution in [0.4, 0.5) is 8.78 Å². The van der Waals surface area contributed by atoms with Crippen LogP contribution in [-0.2, 0) is 13.7 Å². The van der Waals surface area contributed by atoms with Crippen LogP contribution in [0.2, 0.25) is 0 Å². The highest BCUT2D eigenvalue weighted by Crippen LogP contribution is 2.33. The van der Waals surface area contributed by atoms with Crippen molar-refractivity contribution in [2.75, 3.05) is 7.11 Å². The third-order valence-electron chi connectivity index (χ3n) is 4.77. The van der Waals surface area contributed by atoms with Crippen LogP contribution in [0.1, 0.15) is 5.56 Å². The lowest BCUT2D eigenvalue weighted by Gasteiger charge is -2.11. The Morgan fingerprint density at radius 3 is 2.48 bits per heavy atom. The Bertz CT molecular complexity index is 1240. The summed E-state index contributed by atoms with van der Waals surface area (Å²) in [5, 5.41) is 3.63. The molecule has 1 aromatic heterocycles. The van der Waals surface area contributed by atoms with Gasteiger partial charge in [-0.05, 0) is 29.8 Å². The van der Waals surface area contributed by atoms with Crippen molar-refractivity contribution in [3.63, 3.8) is 0 Å². The van der Waals surface area contributed by atoms with Crippen molar-refractivity contribution >= 4 is 10.9 Å². The van der Waals surface area contributed by atoms with Gasteiger partial charge in [-0.1, -0.05) is 24.3 Å². The largest absolute Gasteiger partial charge is 0.496 e. The fraction of sp³-hybridized carbons (Fsp3) is 0.136. The molecule has 7 heteroatoms. The number of benzene rings is 3. The lowest BCUT2D eigenvalue weighted by atomic mass is 10.0. The molecule has 0 radical (unpaired) electrons. The Kier molecular flexibility index (Phi) is 4.80. The van der Waals surface area contributed by atoms with E-state index in [-0.39, 0.29) is 17.9 Å². The monoisotopic (exact) mass is 396 g/mol. The Hall–Kier alpha value is -3.61. The molecule has 1 N–H and O–H groups in total. The van der Waals surface area contributed by atoms with E-state index in [2.05, 4.69) is 5.10 Å². The molecule has 5 nitrogen and oxygen atoms in total. The van der Waals surface area contributed by atoms with Gasteiger partial charge in [-0.25, -0.2) is 8.78 Å². The van der Waals surface area contributed by atoms with E-state index in [1.165, 1.54) is 11.8 Å². The van der Waals surface area contributed by atoms with Gasteiger partial charge in [0.15, 0.2) is 11.6 Å². The molecule has 29 heavy (non-hydrogen) atoms. The topological polar surface area (TPSA) is 56.2 Å². The second-order valence-electron chi connectivity index (χ2n) is 6.60. The predicted molar refractivity (Wildman–Crippen MR) is 106 cm³/mol. The summed E-state index contributed by atoms with van der Waals surface area (Å²) in [5.41, 5.74) is 2.62. The first-order valence-corrected chi connectivity index (χ1v) is 8.91. The number of H-pyrrole nitrogens is 1. The number of hydrogen-bond acceptors (Lipinski definition) is 3. The molecule has 0 saturated carbocycles. The van der Waals surface area contributed by atoms with Gasteiger partial charge in [-0.3, -0.25) is 14.6 Å². The molecule has 4 aromatic rings. The number of para-hydroxylation sites is 1. The van der Waals surface area contributed by atoms with Gasteiger partial charge in [-0.2, -0.15) is 0 Å². The standard InChI is InChI=1S/C22H18F2N2O3/c1-26-22(27)16-5-3-4-14(21(16)25-26)12-29-15-8-6-13(7-9-15)17-10-18(23)19(24)11-20(17)28-2/h3-11,25H,12H2,1-2H3. The molecule has 0 saturated heterocycles. The minimum absolute atomic E-state index is 0.0910. The molecule has 148 valence electrons. The number of ether oxygens (including phenoxy) is 2. The van der Waals surface area contributed by atoms with Crippen molar-refractivity contribution in [3.05, 3.63) is 82.1 Å². The number of nitrogens with zero attached hydrogens (tertiary/aromatic N) is 1. The Balaban J connectivity index is 1.56. The Morgan fingerprint density at radius 2 is 1.76 bits per heavy atom. The lowest BCUT2D eigenvalue weighted by Crippen LogP contribution is -2.10. The van der Waals surface area contributed by atoms with Gasteiger partial charge in [0.05, 0.1) is 18.0 Å². The number of aromatic amines is 1. The normalized spacial score (nSPS) is 11.0. The zero-order chi connectivity index (χ0) is 20.5. The summed E-state index contributed by atoms with van der Waals surface area (Å²) < 4.78 is 39.5. The number of halogens is 2. The zero-order valence-electron chi connectivity index (χ0n) is 15.8. The number of rotatable bonds is 5. The van der Waals surface area contributed by atoms with Crippen molar-refractivity contribution in [2.24, 2.45) is 7.05 Å². The minimum atomic E-state index is -0.960. The first-order chi connectivity index (χ1) is 14.0. The van der Waals surface area contributed by atoms with Gasteiger partial charge in [0.25, 0.3) is 5.56 Å². The molecular weight excluding hydrogens is 378 g/mol. The smallest absolute Gasteiger partial charge is 0.274 e. The van der Waals surface area contributed by atoms with Crippen LogP contribution in [0, 0.1) is 11.6 Å². The van der Waals surface area contributed by atoms with Crippen LogP contribution in [-0.4, -0.2) is 16.9 Å². The van der Waals surface area contributed by atoms with E-state index in [4.69, 9.17) is 9.47 Å². The molecule has 4 rings (SSSR count). The molecule has 0 fully saturated rings. The predicted octanol–water partition coefficient (Wildman–Crippen LogP) is 4.40. The fourth-order valence-electron chi connectivity index (χ4n) is 3.24. The quantitative estimate of drug-likeness (QED) is 0.544. The van der Waals surface area contributed by atoms with E-state index < -0.39 is 11.6 Å². The molecule has 0 bridgehead atoms. The van der Waals surface area contributed by atoms with Crippen molar-refractivity contribution in [1.29, 1.82) is 0 Å². The van der Waals surface area contributed by atoms with Crippen molar-refractivity contribution in [1.82, 2.24) is 9.78 Å². The van der Waals surface area contributed by atoms with Crippen LogP contribution < -0.4 is 15.0 Å². The molecular formula is C22H18F2N2O3. The molecule has 0 amide bonds. The number of nitrogens with one attached hydrogen (secondary N) is 1. The summed E-state index contributed by atoms with van der Waals surface area (Å²) in [6.07, 6.45) is 0. The maximum Gasteiger partial charge on any atom is 0.274 e. The number of hydrogen-bond donors (Lipinski definition) is 1. The Labute approximate surface area is 165 Å². The van der Waals surface area contributed by atoms with Crippen LogP contribution in [0.25, 0.3) is 22.0 Å². The minimum Gasteiger partial charge on any atom is -0.496 e. The summed E-state index contributed by atoms with van der Waals surface area (Å²) in [6, 6.07) is 14.6. The first kappa shape index (κ1) is 18.7. The first-order valence-electron chi connectivity index (χ1n) is 8.91. The lowest BCUT2D eigenvalue weighted by molar-refractivity contribution is 0.307. The molecule has 0 atom stereocenters. The van der Waals surface area contributed by atoms with E-state index >= 15 is 0 Å². The number of aryl methyl sites for hydroxylation is 1. The van der Waals surface area contributed by atoms with E-state index in [0.717, 1.165) is 23.2 Å². The summed E-state index contributed by atoms with van der Waals surface area (Å²) in [6.45, 7) is 0.269. The van der Waals surface area contributed by atoms with E-state index in [9.17, 15) is 13.6 Å². The van der Waals surface area contributed by atoms with Gasteiger partial charge in [0.2, 0.25) is 0 Å². The molecule has 0 aliphatic heterocycles. The number of aromatic nitrogens is 2. The molecule has 0 unspecified atom stereocenters. The molecule has 0 aliphatic rings. The third-order valence-corrected chi connectivity index (χ3v) is 4.77. The summed E-state index contributed by atoms with van der Waals surface area (Å²) >= 11 is 0. The molecule has 1 heterocycles. The van der Waals surface area contributed by atoms with Crippen molar-refractivity contribution in [3.8, 4) is 22.6 Å². The average Bonchev–Trinajstić information content (AvgIpc) is 3.03. The summed E-state index contributed by atoms with van der Waals surface area (Å²) in [4.78, 5) is 12.1. The zero-order valence-corrected chi connectivity index (χ0v) is 15.8. The van der Waals surface area contributed by atoms with E-state index in [1.807, 2.05) is 12.1 Å². The van der Waals surface area contributed by atoms with E-state index in [1.54, 1.807) is 37.4 Å². The summed E-state index contributed by atoms with van der Waals surface area (Å²) in [7, 11) is 3.07. The second-order valence-corrected chi connectivity index (χ2v) is 6.60. The highest BCUT2D eigenvalue weighted by molar-refractivity contribution is 5.81. The highest BCUT2D eigenvalue weighted by Gasteiger charge is 2.13. The number of methoxy groups -OCH3 is 1. The second kappa shape index (κ2) is 7.43. The Morgan fingerprint density at radius 1 is 1.03 bits per heavy atom. The van der Waals surface area contributed by atoms with Gasteiger partial charge in [-0.15, -0.1) is 0 Å². The fourth-order valence-corrected chi connectivity index (χ4v) is 3.24. The van der Waals surface area contributed by atoms with Crippen LogP contribution in [0.3, 0.4) is 0 Å². The van der Waals surface area contributed by atoms with Gasteiger partial charge in [0, 0.05) is 24.2 Å². The van der Waals surface area contributed by atoms with Crippen molar-refractivity contribution < 1.29 is 18.3 Å². The van der Waals surface area contributed by atoms with Gasteiger partial charge < -0.3 is 9.47 Å². The molecule has 0 spiro atoms. The van der Waals surface area contributed by atoms with Crippen molar-refractivity contribution in [2.45, 2.75) is 6.61 Å². The molecule has 3 aromatic carbocycles. The molecule has 0 aliphatic carbocycles. The van der Waals surface area contributed by atoms with Gasteiger partial charge >= 0.3 is 0 Å². The maximum absolute atomic E-state index is 13.6. The van der Waals surface area contributed by atoms with E-state index in [0.29, 0.717) is 22.3 Å². The average molecular weight is 396 g/mol. The van der Waals surface area contributed by atoms with Crippen LogP contribution in [0.15, 0.2) is 59.4 Å². The van der Waals surface area contributed by atoms with Crippen LogP contribution in [0.5, 0.6) is 11.5 Å². The maximum atomic E-state index is 13.6. The highest BCUT2D eigenvalue weighted by atomic mass is 19.2.